The second-order valence-corrected chi connectivity index (χ2v) is 7.69. The molecule has 94 valence electrons. The second-order valence-electron chi connectivity index (χ2n) is 5.46. The first kappa shape index (κ1) is 11.3. The summed E-state index contributed by atoms with van der Waals surface area (Å²) in [5.74, 6) is 2.42. The molecule has 0 bridgehead atoms. The van der Waals surface area contributed by atoms with Crippen LogP contribution in [0.2, 0.25) is 0 Å². The van der Waals surface area contributed by atoms with Gasteiger partial charge in [-0.2, -0.15) is 0 Å². The minimum atomic E-state index is -2.81. The van der Waals surface area contributed by atoms with Crippen LogP contribution in [-0.4, -0.2) is 29.5 Å². The molecule has 0 N–H and O–H groups in total. The number of rotatable bonds is 1. The van der Waals surface area contributed by atoms with Gasteiger partial charge in [-0.15, -0.1) is 0 Å². The second kappa shape index (κ2) is 3.83. The van der Waals surface area contributed by atoms with Gasteiger partial charge in [-0.1, -0.05) is 6.92 Å². The van der Waals surface area contributed by atoms with Crippen LogP contribution in [0.15, 0.2) is 6.20 Å². The van der Waals surface area contributed by atoms with E-state index < -0.39 is 9.84 Å². The molecule has 17 heavy (non-hydrogen) atoms. The first-order valence-electron chi connectivity index (χ1n) is 6.30. The molecule has 2 atom stereocenters. The fourth-order valence-corrected chi connectivity index (χ4v) is 4.70. The zero-order chi connectivity index (χ0) is 12.0. The third-order valence-electron chi connectivity index (χ3n) is 3.95. The smallest absolute Gasteiger partial charge is 0.151 e. The van der Waals surface area contributed by atoms with Crippen LogP contribution in [-0.2, 0) is 22.8 Å². The molecule has 0 aromatic carbocycles. The van der Waals surface area contributed by atoms with Gasteiger partial charge in [0, 0.05) is 24.4 Å². The Bertz CT molecular complexity index is 533. The lowest BCUT2D eigenvalue weighted by Crippen LogP contribution is -2.21. The lowest BCUT2D eigenvalue weighted by atomic mass is 9.99. The topological polar surface area (TPSA) is 52.0 Å². The molecular weight excluding hydrogens is 236 g/mol. The molecule has 0 radical (unpaired) electrons. The summed E-state index contributed by atoms with van der Waals surface area (Å²) in [5.41, 5.74) is 1.28. The summed E-state index contributed by atoms with van der Waals surface area (Å²) in [6.07, 6.45) is 4.97. The highest BCUT2D eigenvalue weighted by atomic mass is 32.2. The molecule has 0 amide bonds. The van der Waals surface area contributed by atoms with E-state index >= 15 is 0 Å². The monoisotopic (exact) mass is 254 g/mol. The summed E-state index contributed by atoms with van der Waals surface area (Å²) >= 11 is 0. The van der Waals surface area contributed by atoms with Crippen molar-refractivity contribution >= 4 is 9.84 Å². The summed E-state index contributed by atoms with van der Waals surface area (Å²) in [6, 6.07) is 0. The van der Waals surface area contributed by atoms with E-state index in [0.29, 0.717) is 11.7 Å². The zero-order valence-electron chi connectivity index (χ0n) is 10.1. The number of fused-ring (bicyclic) bond motifs is 1. The van der Waals surface area contributed by atoms with Crippen molar-refractivity contribution in [3.05, 3.63) is 17.7 Å². The molecule has 2 aliphatic rings. The number of aryl methyl sites for hydroxylation is 1. The van der Waals surface area contributed by atoms with E-state index in [1.807, 2.05) is 6.20 Å². The van der Waals surface area contributed by atoms with Gasteiger partial charge in [0.05, 0.1) is 11.5 Å². The number of aromatic nitrogens is 2. The van der Waals surface area contributed by atoms with E-state index in [0.717, 1.165) is 25.2 Å². The van der Waals surface area contributed by atoms with Crippen LogP contribution < -0.4 is 0 Å². The van der Waals surface area contributed by atoms with Gasteiger partial charge in [0.15, 0.2) is 9.84 Å². The van der Waals surface area contributed by atoms with Gasteiger partial charge >= 0.3 is 0 Å². The standard InChI is InChI=1S/C12H18N2O2S/c1-9-2-3-11-6-13-12(14(11)7-9)10-4-5-17(15,16)8-10/h6,9-10H,2-5,7-8H2,1H3. The maximum absolute atomic E-state index is 11.5. The Morgan fingerprint density at radius 3 is 2.94 bits per heavy atom. The van der Waals surface area contributed by atoms with Gasteiger partial charge in [-0.25, -0.2) is 13.4 Å². The average Bonchev–Trinajstić information content (AvgIpc) is 2.81. The molecule has 1 aromatic heterocycles. The van der Waals surface area contributed by atoms with Crippen LogP contribution in [0.5, 0.6) is 0 Å². The van der Waals surface area contributed by atoms with Crippen LogP contribution in [0.1, 0.15) is 37.2 Å². The lowest BCUT2D eigenvalue weighted by Gasteiger charge is -2.23. The first-order valence-corrected chi connectivity index (χ1v) is 8.12. The highest BCUT2D eigenvalue weighted by Crippen LogP contribution is 2.31. The van der Waals surface area contributed by atoms with Gasteiger partial charge in [0.1, 0.15) is 5.82 Å². The van der Waals surface area contributed by atoms with Crippen molar-refractivity contribution in [1.29, 1.82) is 0 Å². The van der Waals surface area contributed by atoms with Gasteiger partial charge in [0.2, 0.25) is 0 Å². The van der Waals surface area contributed by atoms with E-state index in [9.17, 15) is 8.42 Å². The van der Waals surface area contributed by atoms with Gasteiger partial charge < -0.3 is 4.57 Å². The quantitative estimate of drug-likeness (QED) is 0.760. The van der Waals surface area contributed by atoms with Crippen LogP contribution in [0.4, 0.5) is 0 Å². The van der Waals surface area contributed by atoms with Crippen LogP contribution in [0.3, 0.4) is 0 Å². The van der Waals surface area contributed by atoms with Gasteiger partial charge in [-0.05, 0) is 25.2 Å². The Hall–Kier alpha value is -0.840. The predicted molar refractivity (Wildman–Crippen MR) is 65.7 cm³/mol. The summed E-state index contributed by atoms with van der Waals surface area (Å²) in [4.78, 5) is 4.48. The Morgan fingerprint density at radius 2 is 2.24 bits per heavy atom. The molecule has 1 fully saturated rings. The molecule has 0 spiro atoms. The number of sulfone groups is 1. The highest BCUT2D eigenvalue weighted by molar-refractivity contribution is 7.91. The van der Waals surface area contributed by atoms with E-state index in [2.05, 4.69) is 16.5 Å². The molecule has 3 heterocycles. The average molecular weight is 254 g/mol. The van der Waals surface area contributed by atoms with Crippen molar-refractivity contribution in [1.82, 2.24) is 9.55 Å². The summed E-state index contributed by atoms with van der Waals surface area (Å²) < 4.78 is 25.3. The summed E-state index contributed by atoms with van der Waals surface area (Å²) in [6.45, 7) is 3.25. The normalized spacial score (nSPS) is 31.4. The Morgan fingerprint density at radius 1 is 1.41 bits per heavy atom. The zero-order valence-corrected chi connectivity index (χ0v) is 10.9. The Balaban J connectivity index is 1.92. The summed E-state index contributed by atoms with van der Waals surface area (Å²) in [7, 11) is -2.81. The summed E-state index contributed by atoms with van der Waals surface area (Å²) in [5, 5.41) is 0. The van der Waals surface area contributed by atoms with Crippen molar-refractivity contribution < 1.29 is 8.42 Å². The van der Waals surface area contributed by atoms with Crippen LogP contribution in [0, 0.1) is 5.92 Å². The van der Waals surface area contributed by atoms with Crippen molar-refractivity contribution in [3.8, 4) is 0 Å². The minimum absolute atomic E-state index is 0.124. The molecular formula is C12H18N2O2S. The van der Waals surface area contributed by atoms with Gasteiger partial charge in [-0.3, -0.25) is 0 Å². The molecule has 1 saturated heterocycles. The molecule has 2 aliphatic heterocycles. The van der Waals surface area contributed by atoms with Crippen molar-refractivity contribution in [2.24, 2.45) is 5.92 Å². The molecule has 1 aromatic rings. The van der Waals surface area contributed by atoms with Crippen LogP contribution >= 0.6 is 0 Å². The molecule has 3 rings (SSSR count). The van der Waals surface area contributed by atoms with E-state index in [-0.39, 0.29) is 11.7 Å². The number of hydrogen-bond acceptors (Lipinski definition) is 3. The van der Waals surface area contributed by atoms with Crippen molar-refractivity contribution in [3.63, 3.8) is 0 Å². The van der Waals surface area contributed by atoms with E-state index in [4.69, 9.17) is 0 Å². The fourth-order valence-electron chi connectivity index (χ4n) is 2.96. The molecule has 2 unspecified atom stereocenters. The fraction of sp³-hybridized carbons (Fsp3) is 0.750. The predicted octanol–water partition coefficient (Wildman–Crippen LogP) is 1.37. The molecule has 5 heteroatoms. The minimum Gasteiger partial charge on any atom is -0.332 e. The lowest BCUT2D eigenvalue weighted by molar-refractivity contribution is 0.385. The maximum atomic E-state index is 11.5. The number of imidazole rings is 1. The Labute approximate surface area is 102 Å². The maximum Gasteiger partial charge on any atom is 0.151 e. The van der Waals surface area contributed by atoms with Crippen molar-refractivity contribution in [2.75, 3.05) is 11.5 Å². The van der Waals surface area contributed by atoms with Crippen LogP contribution in [0.25, 0.3) is 0 Å². The Kier molecular flexibility index (Phi) is 2.54. The number of hydrogen-bond donors (Lipinski definition) is 0. The molecule has 0 aliphatic carbocycles. The van der Waals surface area contributed by atoms with E-state index in [1.54, 1.807) is 0 Å². The van der Waals surface area contributed by atoms with Crippen molar-refractivity contribution in [2.45, 2.75) is 38.6 Å². The SMILES string of the molecule is CC1CCc2cnc(C3CCS(=O)(=O)C3)n2C1. The molecule has 4 nitrogen and oxygen atoms in total. The highest BCUT2D eigenvalue weighted by Gasteiger charge is 2.33. The largest absolute Gasteiger partial charge is 0.332 e. The first-order chi connectivity index (χ1) is 8.05. The van der Waals surface area contributed by atoms with Gasteiger partial charge in [0.25, 0.3) is 0 Å². The third kappa shape index (κ3) is 2.01. The third-order valence-corrected chi connectivity index (χ3v) is 5.72. The van der Waals surface area contributed by atoms with E-state index in [1.165, 1.54) is 12.1 Å². The number of nitrogens with zero attached hydrogens (tertiary/aromatic N) is 2. The molecule has 0 saturated carbocycles.